The molecule has 226 valence electrons. The van der Waals surface area contributed by atoms with E-state index in [1.165, 1.54) is 16.7 Å². The van der Waals surface area contributed by atoms with Crippen LogP contribution in [0, 0.1) is 39.0 Å². The van der Waals surface area contributed by atoms with Crippen LogP contribution in [0.2, 0.25) is 0 Å². The van der Waals surface area contributed by atoms with Crippen molar-refractivity contribution in [2.24, 2.45) is 0 Å². The smallest absolute Gasteiger partial charge is 0.304 e. The van der Waals surface area contributed by atoms with Crippen LogP contribution < -0.4 is 0 Å². The van der Waals surface area contributed by atoms with Crippen molar-refractivity contribution in [2.45, 2.75) is 20.8 Å². The molecule has 0 saturated carbocycles. The Morgan fingerprint density at radius 3 is 1.46 bits per heavy atom. The number of benzene rings is 4. The molecule has 3 heterocycles. The van der Waals surface area contributed by atoms with Crippen molar-refractivity contribution in [3.8, 4) is 44.9 Å². The summed E-state index contributed by atoms with van der Waals surface area (Å²) in [6.45, 7) is 6.03. The number of rotatable bonds is 4. The maximum Gasteiger partial charge on any atom is 3.00 e. The van der Waals surface area contributed by atoms with E-state index in [0.29, 0.717) is 0 Å². The van der Waals surface area contributed by atoms with Crippen molar-refractivity contribution in [1.29, 1.82) is 0 Å². The van der Waals surface area contributed by atoms with E-state index < -0.39 is 0 Å². The van der Waals surface area contributed by atoms with Gasteiger partial charge < -0.3 is 15.0 Å². The van der Waals surface area contributed by atoms with E-state index in [2.05, 4.69) is 63.5 Å². The van der Waals surface area contributed by atoms with Gasteiger partial charge in [-0.15, -0.1) is 102 Å². The number of aryl methyl sites for hydroxylation is 3. The van der Waals surface area contributed by atoms with Crippen LogP contribution in [-0.4, -0.2) is 15.0 Å². The third-order valence-corrected chi connectivity index (χ3v) is 6.85. The third-order valence-electron chi connectivity index (χ3n) is 6.85. The minimum Gasteiger partial charge on any atom is -0.304 e. The molecule has 0 N–H and O–H groups in total. The van der Waals surface area contributed by atoms with Gasteiger partial charge >= 0.3 is 20.1 Å². The Labute approximate surface area is 286 Å². The van der Waals surface area contributed by atoms with Gasteiger partial charge in [0.05, 0.1) is 0 Å². The molecule has 0 atom stereocenters. The summed E-state index contributed by atoms with van der Waals surface area (Å²) in [5.41, 5.74) is 11.7. The van der Waals surface area contributed by atoms with E-state index in [9.17, 15) is 0 Å². The standard InChI is InChI=1S/C18H14N.2C12H10N.Ir/c1-14-7-12-18(19-13-14)17-10-8-16(9-11-17)15-5-3-2-4-6-15;2*1-10-6-5-9-12(13-10)11-7-3-2-4-8-11;/h2-10,12-13H,1H3;2*2-7,9H,1H3;/q3*-1;+3. The first-order chi connectivity index (χ1) is 22.0. The van der Waals surface area contributed by atoms with Gasteiger partial charge in [-0.1, -0.05) is 77.9 Å². The molecule has 0 unspecified atom stereocenters. The van der Waals surface area contributed by atoms with Crippen LogP contribution in [0.1, 0.15) is 17.0 Å². The first-order valence-electron chi connectivity index (χ1n) is 14.9. The Bertz CT molecular complexity index is 1810. The van der Waals surface area contributed by atoms with Crippen LogP contribution >= 0.6 is 0 Å². The summed E-state index contributed by atoms with van der Waals surface area (Å²) in [6.07, 6.45) is 1.88. The second-order valence-electron chi connectivity index (χ2n) is 10.5. The van der Waals surface area contributed by atoms with Gasteiger partial charge in [0.25, 0.3) is 0 Å². The molecule has 0 fully saturated rings. The fourth-order valence-corrected chi connectivity index (χ4v) is 4.51. The number of aromatic nitrogens is 3. The van der Waals surface area contributed by atoms with Gasteiger partial charge in [0.2, 0.25) is 0 Å². The molecule has 7 aromatic rings. The van der Waals surface area contributed by atoms with Gasteiger partial charge in [0, 0.05) is 17.6 Å². The molecule has 0 aliphatic carbocycles. The summed E-state index contributed by atoms with van der Waals surface area (Å²) in [4.78, 5) is 13.2. The molecule has 0 bridgehead atoms. The van der Waals surface area contributed by atoms with E-state index in [-0.39, 0.29) is 20.1 Å². The largest absolute Gasteiger partial charge is 3.00 e. The first kappa shape index (κ1) is 33.9. The Hall–Kier alpha value is -5.02. The predicted octanol–water partition coefficient (Wildman–Crippen LogP) is 10.2. The summed E-state index contributed by atoms with van der Waals surface area (Å²) < 4.78 is 0. The SMILES string of the molecule is Cc1ccc(-c2[c-]cc(-c3ccccc3)cc2)nc1.Cc1cccc(-c2[c-]cccc2)n1.Cc1cccc(-c2[c-]cccc2)n1.[Ir+3]. The maximum atomic E-state index is 4.42. The number of pyridine rings is 3. The average molecular weight is 773 g/mol. The van der Waals surface area contributed by atoms with Crippen LogP contribution in [0.15, 0.2) is 152 Å². The van der Waals surface area contributed by atoms with Crippen LogP contribution in [-0.2, 0) is 20.1 Å². The number of nitrogens with zero attached hydrogens (tertiary/aromatic N) is 3. The van der Waals surface area contributed by atoms with E-state index >= 15 is 0 Å². The summed E-state index contributed by atoms with van der Waals surface area (Å²) in [6, 6.07) is 58.0. The second-order valence-corrected chi connectivity index (χ2v) is 10.5. The fourth-order valence-electron chi connectivity index (χ4n) is 4.51. The predicted molar refractivity (Wildman–Crippen MR) is 185 cm³/mol. The van der Waals surface area contributed by atoms with Gasteiger partial charge in [-0.25, -0.2) is 0 Å². The van der Waals surface area contributed by atoms with E-state index in [0.717, 1.165) is 45.2 Å². The summed E-state index contributed by atoms with van der Waals surface area (Å²) in [5, 5.41) is 0. The second kappa shape index (κ2) is 17.5. The van der Waals surface area contributed by atoms with Gasteiger partial charge in [-0.05, 0) is 55.5 Å². The summed E-state index contributed by atoms with van der Waals surface area (Å²) in [7, 11) is 0. The Kier molecular flexibility index (Phi) is 12.9. The minimum absolute atomic E-state index is 0. The van der Waals surface area contributed by atoms with Crippen molar-refractivity contribution < 1.29 is 20.1 Å². The maximum absolute atomic E-state index is 4.42. The third kappa shape index (κ3) is 10.0. The molecule has 46 heavy (non-hydrogen) atoms. The van der Waals surface area contributed by atoms with Gasteiger partial charge in [-0.3, -0.25) is 0 Å². The first-order valence-corrected chi connectivity index (χ1v) is 14.9. The Morgan fingerprint density at radius 1 is 0.435 bits per heavy atom. The molecule has 7 rings (SSSR count). The van der Waals surface area contributed by atoms with Crippen molar-refractivity contribution in [3.63, 3.8) is 0 Å². The van der Waals surface area contributed by atoms with Crippen molar-refractivity contribution >= 4 is 0 Å². The zero-order valence-electron chi connectivity index (χ0n) is 26.1. The number of hydrogen-bond donors (Lipinski definition) is 0. The molecule has 0 saturated heterocycles. The fraction of sp³-hybridized carbons (Fsp3) is 0.0714. The molecule has 3 nitrogen and oxygen atoms in total. The van der Waals surface area contributed by atoms with Crippen molar-refractivity contribution in [1.82, 2.24) is 15.0 Å². The van der Waals surface area contributed by atoms with Crippen LogP contribution in [0.5, 0.6) is 0 Å². The molecule has 4 heteroatoms. The molecule has 0 amide bonds. The van der Waals surface area contributed by atoms with Gasteiger partial charge in [-0.2, -0.15) is 0 Å². The van der Waals surface area contributed by atoms with Crippen molar-refractivity contribution in [2.75, 3.05) is 0 Å². The van der Waals surface area contributed by atoms with Crippen LogP contribution in [0.4, 0.5) is 0 Å². The normalized spacial score (nSPS) is 9.89. The van der Waals surface area contributed by atoms with E-state index in [1.54, 1.807) is 0 Å². The molecular weight excluding hydrogens is 739 g/mol. The van der Waals surface area contributed by atoms with Gasteiger partial charge in [0.1, 0.15) is 0 Å². The monoisotopic (exact) mass is 773 g/mol. The minimum atomic E-state index is 0. The van der Waals surface area contributed by atoms with Crippen LogP contribution in [0.25, 0.3) is 44.9 Å². The summed E-state index contributed by atoms with van der Waals surface area (Å²) in [5.74, 6) is 0. The molecular formula is C42H34IrN3. The topological polar surface area (TPSA) is 38.7 Å². The zero-order valence-corrected chi connectivity index (χ0v) is 28.5. The quantitative estimate of drug-likeness (QED) is 0.167. The Morgan fingerprint density at radius 2 is 1.00 bits per heavy atom. The molecule has 0 aliphatic rings. The van der Waals surface area contributed by atoms with Crippen molar-refractivity contribution in [3.05, 3.63) is 187 Å². The summed E-state index contributed by atoms with van der Waals surface area (Å²) >= 11 is 0. The molecule has 0 radical (unpaired) electrons. The van der Waals surface area contributed by atoms with Gasteiger partial charge in [0.15, 0.2) is 0 Å². The van der Waals surface area contributed by atoms with Crippen LogP contribution in [0.3, 0.4) is 0 Å². The number of hydrogen-bond acceptors (Lipinski definition) is 3. The Balaban J connectivity index is 0.000000159. The van der Waals surface area contributed by atoms with E-state index in [1.807, 2.05) is 142 Å². The molecule has 0 spiro atoms. The molecule has 3 aromatic heterocycles. The molecule has 0 aliphatic heterocycles. The average Bonchev–Trinajstić information content (AvgIpc) is 3.10. The van der Waals surface area contributed by atoms with E-state index in [4.69, 9.17) is 0 Å². The molecule has 4 aromatic carbocycles. The zero-order chi connectivity index (χ0) is 31.3.